The molecule has 3 aliphatic heterocycles. The van der Waals surface area contributed by atoms with Crippen LogP contribution in [0, 0.1) is 52.1 Å². The fourth-order valence-electron chi connectivity index (χ4n) is 12.6. The highest BCUT2D eigenvalue weighted by Gasteiger charge is 2.25. The summed E-state index contributed by atoms with van der Waals surface area (Å²) < 4.78 is 50.4. The van der Waals surface area contributed by atoms with Crippen LogP contribution in [0.3, 0.4) is 0 Å². The lowest BCUT2D eigenvalue weighted by Crippen LogP contribution is -2.35. The van der Waals surface area contributed by atoms with Crippen LogP contribution in [0.1, 0.15) is 101 Å². The van der Waals surface area contributed by atoms with Crippen molar-refractivity contribution in [2.24, 2.45) is 7.05 Å². The average Bonchev–Trinajstić information content (AvgIpc) is 2.31. The molecule has 0 radical (unpaired) electrons. The van der Waals surface area contributed by atoms with Crippen molar-refractivity contribution in [1.82, 2.24) is 85.1 Å². The maximum Gasteiger partial charge on any atom is 0.156 e. The number of fused-ring (bicyclic) bond motifs is 6. The van der Waals surface area contributed by atoms with E-state index in [1.54, 1.807) is 19.8 Å². The van der Waals surface area contributed by atoms with E-state index < -0.39 is 0 Å². The fourth-order valence-corrected chi connectivity index (χ4v) is 12.6. The lowest BCUT2D eigenvalue weighted by Gasteiger charge is -2.30. The van der Waals surface area contributed by atoms with E-state index in [1.807, 2.05) is 121 Å². The summed E-state index contributed by atoms with van der Waals surface area (Å²) in [6.45, 7) is 16.4. The number of imidazole rings is 2. The zero-order valence-corrected chi connectivity index (χ0v) is 49.7. The smallest absolute Gasteiger partial charge is 0.156 e. The van der Waals surface area contributed by atoms with Crippen LogP contribution in [0.25, 0.3) is 88.5 Å². The standard InChI is InChI=1S/C23H25FN6O.C22H22FN5.C21H21FN6/c1-14-9-21(28-30-13-15(2)25-23(14)30)17-10-19(24)18-12-20(26-27-22(18)11-17)16-3-5-29(6-4-16)7-8-31;1-13-7-15(8-17-12-28(2)27-22(13)17)16-9-19(23)18-11-20(25-26-21(18)10-16)14-3-5-24-6-4-14;1-12-7-19(27-28-11-13(2)24-21(12)28)15-8-17(22)16-10-18(25-26-20(16)9-15)14-3-5-23-6-4-14/h9-13,16,31H,3-8H2,1-2H3;7-12,14,24H,3-6H2,1-2H3;7-11,14,23H,3-6H2,1-2H3. The van der Waals surface area contributed by atoms with Crippen LogP contribution in [-0.2, 0) is 7.05 Å². The predicted octanol–water partition coefficient (Wildman–Crippen LogP) is 10.9. The quantitative estimate of drug-likeness (QED) is 0.130. The Balaban J connectivity index is 0.000000121. The molecule has 3 saturated heterocycles. The first-order valence-corrected chi connectivity index (χ1v) is 30.0. The molecule has 0 bridgehead atoms. The Morgan fingerprint density at radius 2 is 0.897 bits per heavy atom. The van der Waals surface area contributed by atoms with Gasteiger partial charge in [-0.2, -0.15) is 45.9 Å². The Morgan fingerprint density at radius 3 is 1.36 bits per heavy atom. The minimum atomic E-state index is -0.317. The van der Waals surface area contributed by atoms with Crippen molar-refractivity contribution < 1.29 is 18.3 Å². The Kier molecular flexibility index (Phi) is 15.9. The van der Waals surface area contributed by atoms with E-state index >= 15 is 8.78 Å². The number of aliphatic hydroxyl groups excluding tert-OH is 1. The van der Waals surface area contributed by atoms with Gasteiger partial charge in [0.25, 0.3) is 0 Å². The third-order valence-corrected chi connectivity index (χ3v) is 17.3. The molecular weight excluding hydrogens is 1100 g/mol. The lowest BCUT2D eigenvalue weighted by molar-refractivity contribution is 0.163. The zero-order chi connectivity index (χ0) is 60.0. The van der Waals surface area contributed by atoms with Gasteiger partial charge in [-0.05, 0) is 219 Å². The van der Waals surface area contributed by atoms with Crippen molar-refractivity contribution in [2.75, 3.05) is 52.4 Å². The predicted molar refractivity (Wildman–Crippen MR) is 331 cm³/mol. The number of β-amino-alcohol motifs (C(OH)–C–C–N with tert-alkyl or cyclic N) is 1. The van der Waals surface area contributed by atoms with Crippen molar-refractivity contribution in [1.29, 1.82) is 0 Å². The van der Waals surface area contributed by atoms with E-state index in [9.17, 15) is 4.39 Å². The Hall–Kier alpha value is -8.76. The van der Waals surface area contributed by atoms with Gasteiger partial charge in [-0.15, -0.1) is 0 Å². The monoisotopic (exact) mass is 1170 g/mol. The zero-order valence-electron chi connectivity index (χ0n) is 49.7. The summed E-state index contributed by atoms with van der Waals surface area (Å²) in [5.74, 6) is 0.103. The summed E-state index contributed by atoms with van der Waals surface area (Å²) in [5.41, 5.74) is 16.2. The molecular formula is C66H68F3N17O. The maximum atomic E-state index is 15.1. The van der Waals surface area contributed by atoms with E-state index in [1.165, 1.54) is 12.1 Å². The van der Waals surface area contributed by atoms with Crippen LogP contribution in [0.4, 0.5) is 13.2 Å². The fraction of sp³-hybridized carbons (Fsp3) is 0.348. The second-order valence-electron chi connectivity index (χ2n) is 23.6. The average molecular weight is 1170 g/mol. The van der Waals surface area contributed by atoms with Crippen LogP contribution < -0.4 is 10.6 Å². The highest BCUT2D eigenvalue weighted by atomic mass is 19.1. The molecule has 0 amide bonds. The minimum Gasteiger partial charge on any atom is -0.395 e. The van der Waals surface area contributed by atoms with Gasteiger partial charge < -0.3 is 20.6 Å². The molecule has 87 heavy (non-hydrogen) atoms. The Bertz CT molecular complexity index is 4370. The molecule has 444 valence electrons. The molecule has 18 nitrogen and oxygen atoms in total. The first kappa shape index (κ1) is 57.3. The van der Waals surface area contributed by atoms with Gasteiger partial charge in [0.05, 0.1) is 80.9 Å². The van der Waals surface area contributed by atoms with Crippen molar-refractivity contribution in [2.45, 2.75) is 90.9 Å². The molecule has 12 aromatic rings. The number of benzene rings is 4. The molecule has 4 aromatic carbocycles. The van der Waals surface area contributed by atoms with E-state index in [2.05, 4.69) is 71.4 Å². The molecule has 0 unspecified atom stereocenters. The summed E-state index contributed by atoms with van der Waals surface area (Å²) in [7, 11) is 1.91. The normalized spacial score (nSPS) is 15.7. The molecule has 0 atom stereocenters. The molecule has 3 N–H and O–H groups in total. The molecule has 15 rings (SSSR count). The van der Waals surface area contributed by atoms with Crippen LogP contribution in [0.5, 0.6) is 0 Å². The SMILES string of the molecule is Cc1cc(-c2cc(F)c3cc(C4CCNCC4)nnc3c2)cc2cn(C)nc12.Cc1cn2nc(-c3cc(F)c4cc(C5CCN(CCO)CC5)nnc4c3)cc(C)c2n1.Cc1cn2nc(-c3cc(F)c4cc(C5CCNCC5)nnc4c3)cc(C)c2n1. The first-order valence-electron chi connectivity index (χ1n) is 30.0. The summed E-state index contributed by atoms with van der Waals surface area (Å²) in [4.78, 5) is 11.2. The molecule has 21 heteroatoms. The topological polar surface area (TPSA) is 203 Å². The number of aliphatic hydroxyl groups is 1. The van der Waals surface area contributed by atoms with Crippen molar-refractivity contribution in [3.8, 4) is 33.6 Å². The van der Waals surface area contributed by atoms with E-state index in [4.69, 9.17) is 5.11 Å². The summed E-state index contributed by atoms with van der Waals surface area (Å²) >= 11 is 0. The number of aromatic nitrogens is 14. The number of nitrogens with one attached hydrogen (secondary N) is 2. The maximum absolute atomic E-state index is 15.1. The van der Waals surface area contributed by atoms with Crippen LogP contribution in [0.2, 0.25) is 0 Å². The first-order chi connectivity index (χ1) is 42.2. The Morgan fingerprint density at radius 1 is 0.471 bits per heavy atom. The van der Waals surface area contributed by atoms with E-state index in [0.717, 1.165) is 156 Å². The number of nitrogens with zero attached hydrogens (tertiary/aromatic N) is 15. The molecule has 0 saturated carbocycles. The highest BCUT2D eigenvalue weighted by molar-refractivity contribution is 5.91. The number of rotatable bonds is 8. The summed E-state index contributed by atoms with van der Waals surface area (Å²) in [6, 6.07) is 23.8. The highest BCUT2D eigenvalue weighted by Crippen LogP contribution is 2.35. The second-order valence-corrected chi connectivity index (χ2v) is 23.6. The second kappa shape index (κ2) is 24.2. The molecule has 3 aliphatic rings. The lowest BCUT2D eigenvalue weighted by atomic mass is 9.92. The van der Waals surface area contributed by atoms with Gasteiger partial charge in [0.15, 0.2) is 11.3 Å². The number of hydrogen-bond acceptors (Lipinski definition) is 15. The van der Waals surface area contributed by atoms with E-state index in [-0.39, 0.29) is 30.0 Å². The van der Waals surface area contributed by atoms with Gasteiger partial charge in [0.2, 0.25) is 0 Å². The third-order valence-electron chi connectivity index (χ3n) is 17.3. The minimum absolute atomic E-state index is 0.176. The van der Waals surface area contributed by atoms with Crippen molar-refractivity contribution in [3.05, 3.63) is 160 Å². The molecule has 0 spiro atoms. The van der Waals surface area contributed by atoms with Crippen LogP contribution >= 0.6 is 0 Å². The molecule has 0 aliphatic carbocycles. The number of aryl methyl sites for hydroxylation is 6. The largest absolute Gasteiger partial charge is 0.395 e. The van der Waals surface area contributed by atoms with Gasteiger partial charge in [-0.1, -0.05) is 0 Å². The van der Waals surface area contributed by atoms with Crippen LogP contribution in [0.15, 0.2) is 97.5 Å². The van der Waals surface area contributed by atoms with Gasteiger partial charge in [0, 0.05) is 70.2 Å². The van der Waals surface area contributed by atoms with Gasteiger partial charge in [-0.25, -0.2) is 32.2 Å². The van der Waals surface area contributed by atoms with Gasteiger partial charge in [-0.3, -0.25) is 4.68 Å². The summed E-state index contributed by atoms with van der Waals surface area (Å²) in [5, 5.41) is 58.4. The van der Waals surface area contributed by atoms with Gasteiger partial charge in [0.1, 0.15) is 17.5 Å². The molecule has 11 heterocycles. The Labute approximate surface area is 500 Å². The van der Waals surface area contributed by atoms with Crippen molar-refractivity contribution in [3.63, 3.8) is 0 Å². The number of likely N-dealkylation sites (tertiary alicyclic amines) is 1. The van der Waals surface area contributed by atoms with Crippen LogP contribution in [-0.4, -0.2) is 132 Å². The third kappa shape index (κ3) is 12.0. The van der Waals surface area contributed by atoms with Gasteiger partial charge >= 0.3 is 0 Å². The molecule has 8 aromatic heterocycles. The number of piperidine rings is 3. The number of halogens is 3. The summed E-state index contributed by atoms with van der Waals surface area (Å²) in [6.07, 6.45) is 11.6. The number of hydrogen-bond donors (Lipinski definition) is 3. The van der Waals surface area contributed by atoms with Crippen molar-refractivity contribution >= 4 is 54.9 Å². The molecule has 3 fully saturated rings. The van der Waals surface area contributed by atoms with E-state index in [0.29, 0.717) is 73.6 Å².